The fraction of sp³-hybridized carbons (Fsp3) is 1.00. The minimum absolute atomic E-state index is 0. The summed E-state index contributed by atoms with van der Waals surface area (Å²) in [5.74, 6) is 0. The van der Waals surface area contributed by atoms with Crippen LogP contribution >= 0.6 is 9.90 Å². The van der Waals surface area contributed by atoms with Gasteiger partial charge in [-0.05, 0) is 0 Å². The van der Waals surface area contributed by atoms with Gasteiger partial charge in [0, 0.05) is 0 Å². The number of rotatable bonds is 0. The smallest absolute Gasteiger partial charge is 0.153 e. The molecule has 0 aromatic rings. The fourth-order valence-corrected chi connectivity index (χ4v) is 0. The molecule has 0 N–H and O–H groups in total. The van der Waals surface area contributed by atoms with Gasteiger partial charge in [0.25, 0.3) is 0 Å². The minimum Gasteiger partial charge on any atom is -0.153 e. The molecule has 0 heterocycles. The van der Waals surface area contributed by atoms with Gasteiger partial charge in [0.15, 0.2) is 0 Å². The van der Waals surface area contributed by atoms with E-state index < -0.39 is 0 Å². The second-order valence-corrected chi connectivity index (χ2v) is 6.00. The summed E-state index contributed by atoms with van der Waals surface area (Å²) in [6.07, 6.45) is 0. The van der Waals surface area contributed by atoms with E-state index in [2.05, 4.69) is 20.8 Å². The van der Waals surface area contributed by atoms with E-state index in [1.165, 1.54) is 0 Å². The van der Waals surface area contributed by atoms with Gasteiger partial charge in [0.2, 0.25) is 0 Å². The van der Waals surface area contributed by atoms with Crippen LogP contribution < -0.4 is 0 Å². The summed E-state index contributed by atoms with van der Waals surface area (Å²) in [6, 6.07) is 0. The van der Waals surface area contributed by atoms with Gasteiger partial charge < -0.3 is 0 Å². The minimum atomic E-state index is 0. The van der Waals surface area contributed by atoms with Crippen LogP contribution in [0.2, 0.25) is 4.20 Å². The molecule has 6 heavy (non-hydrogen) atoms. The van der Waals surface area contributed by atoms with Crippen LogP contribution in [0.4, 0.5) is 0 Å². The summed E-state index contributed by atoms with van der Waals surface area (Å²) >= 11 is 1.79. The Balaban J connectivity index is 0. The predicted octanol–water partition coefficient (Wildman–Crippen LogP) is 0.896. The summed E-state index contributed by atoms with van der Waals surface area (Å²) in [5.41, 5.74) is 0. The molecular weight excluding hydrogens is 154 g/mol. The quantitative estimate of drug-likeness (QED) is 0.372. The average molecular weight is 168 g/mol. The molecule has 0 rings (SSSR count). The van der Waals surface area contributed by atoms with Crippen LogP contribution in [0.1, 0.15) is 20.8 Å². The third kappa shape index (κ3) is 81.2. The first-order valence-corrected chi connectivity index (χ1v) is 3.00. The first-order chi connectivity index (χ1) is 2.00. The molecule has 0 amide bonds. The molecule has 0 aliphatic rings. The maximum atomic E-state index is 2.22. The Bertz CT molecular complexity index is 23.0. The Morgan fingerprint density at radius 3 is 1.17 bits per heavy atom. The van der Waals surface area contributed by atoms with Crippen LogP contribution in [0.3, 0.4) is 0 Å². The van der Waals surface area contributed by atoms with Gasteiger partial charge in [-0.2, -0.15) is 9.90 Å². The molecule has 0 bridgehead atoms. The monoisotopic (exact) mass is 168 g/mol. The van der Waals surface area contributed by atoms with Crippen molar-refractivity contribution in [1.29, 1.82) is 0 Å². The standard InChI is InChI=1S/C4H11As.H3P/c1-4(2,3)5;/h5H2,1-3H3;1H3. The van der Waals surface area contributed by atoms with Crippen LogP contribution in [0.5, 0.6) is 0 Å². The molecule has 0 spiro atoms. The molecule has 0 aromatic heterocycles. The molecule has 2 unspecified atom stereocenters. The second kappa shape index (κ2) is 3.05. The van der Waals surface area contributed by atoms with Crippen LogP contribution in [-0.4, -0.2) is 16.9 Å². The third-order valence-electron chi connectivity index (χ3n) is 0. The van der Waals surface area contributed by atoms with Crippen LogP contribution in [0.25, 0.3) is 0 Å². The van der Waals surface area contributed by atoms with Crippen molar-refractivity contribution in [1.82, 2.24) is 0 Å². The normalized spacial score (nSPS) is 10.0. The van der Waals surface area contributed by atoms with E-state index in [-0.39, 0.29) is 9.90 Å². The number of hydrogen-bond acceptors (Lipinski definition) is 0. The Morgan fingerprint density at radius 1 is 1.17 bits per heavy atom. The van der Waals surface area contributed by atoms with Gasteiger partial charge in [-0.15, -0.1) is 0 Å². The van der Waals surface area contributed by atoms with Crippen molar-refractivity contribution >= 4 is 26.8 Å². The van der Waals surface area contributed by atoms with Gasteiger partial charge in [0.1, 0.15) is 0 Å². The Labute approximate surface area is 52.2 Å². The van der Waals surface area contributed by atoms with Gasteiger partial charge in [0.05, 0.1) is 0 Å². The molecule has 0 aliphatic heterocycles. The fourth-order valence-electron chi connectivity index (χ4n) is 0. The summed E-state index contributed by atoms with van der Waals surface area (Å²) in [7, 11) is 0. The van der Waals surface area contributed by atoms with E-state index >= 15 is 0 Å². The Hall–Kier alpha value is 0.988. The largest absolute Gasteiger partial charge is 0.153 e. The van der Waals surface area contributed by atoms with Crippen molar-refractivity contribution in [2.45, 2.75) is 25.0 Å². The molecule has 2 heteroatoms. The van der Waals surface area contributed by atoms with E-state index in [1.54, 1.807) is 16.9 Å². The summed E-state index contributed by atoms with van der Waals surface area (Å²) in [5, 5.41) is 0. The summed E-state index contributed by atoms with van der Waals surface area (Å²) in [4.78, 5) is 0. The molecule has 0 aromatic carbocycles. The predicted molar refractivity (Wildman–Crippen MR) is 39.4 cm³/mol. The molecule has 0 nitrogen and oxygen atoms in total. The van der Waals surface area contributed by atoms with Crippen LogP contribution in [0, 0.1) is 0 Å². The van der Waals surface area contributed by atoms with E-state index in [0.717, 1.165) is 0 Å². The van der Waals surface area contributed by atoms with Crippen molar-refractivity contribution in [2.75, 3.05) is 0 Å². The molecule has 0 fully saturated rings. The van der Waals surface area contributed by atoms with Crippen molar-refractivity contribution < 1.29 is 0 Å². The zero-order chi connectivity index (χ0) is 4.50. The molecule has 2 atom stereocenters. The Kier molecular flexibility index (Phi) is 5.12. The average Bonchev–Trinajstić information content (AvgIpc) is 0.722. The molecule has 0 radical (unpaired) electrons. The first kappa shape index (κ1) is 10.1. The van der Waals surface area contributed by atoms with E-state index in [0.29, 0.717) is 4.20 Å². The second-order valence-electron chi connectivity index (χ2n) is 2.37. The number of hydrogen-bond donors (Lipinski definition) is 0. The van der Waals surface area contributed by atoms with Crippen molar-refractivity contribution in [3.8, 4) is 0 Å². The summed E-state index contributed by atoms with van der Waals surface area (Å²) < 4.78 is 0.562. The van der Waals surface area contributed by atoms with Crippen molar-refractivity contribution in [2.24, 2.45) is 0 Å². The van der Waals surface area contributed by atoms with Gasteiger partial charge in [-0.3, -0.25) is 0 Å². The Morgan fingerprint density at radius 2 is 1.17 bits per heavy atom. The maximum Gasteiger partial charge on any atom is -0.153 e. The molecule has 0 saturated heterocycles. The first-order valence-electron chi connectivity index (χ1n) is 1.79. The molecular formula is C4H14AsP. The maximum absolute atomic E-state index is 2.22. The van der Waals surface area contributed by atoms with Crippen LogP contribution in [0.15, 0.2) is 0 Å². The van der Waals surface area contributed by atoms with E-state index in [9.17, 15) is 0 Å². The molecule has 40 valence electrons. The van der Waals surface area contributed by atoms with Gasteiger partial charge >= 0.3 is 41.8 Å². The zero-order valence-corrected chi connectivity index (χ0v) is 8.62. The SMILES string of the molecule is CC(C)(C)[AsH2].P. The van der Waals surface area contributed by atoms with Crippen molar-refractivity contribution in [3.05, 3.63) is 0 Å². The van der Waals surface area contributed by atoms with E-state index in [4.69, 9.17) is 0 Å². The zero-order valence-electron chi connectivity index (χ0n) is 4.78. The topological polar surface area (TPSA) is 0 Å². The van der Waals surface area contributed by atoms with Crippen LogP contribution in [-0.2, 0) is 0 Å². The third-order valence-corrected chi connectivity index (χ3v) is 0. The van der Waals surface area contributed by atoms with Gasteiger partial charge in [-0.25, -0.2) is 0 Å². The molecule has 0 aliphatic carbocycles. The summed E-state index contributed by atoms with van der Waals surface area (Å²) in [6.45, 7) is 6.65. The van der Waals surface area contributed by atoms with Crippen molar-refractivity contribution in [3.63, 3.8) is 0 Å². The molecule has 0 saturated carbocycles. The van der Waals surface area contributed by atoms with E-state index in [1.807, 2.05) is 0 Å². The van der Waals surface area contributed by atoms with Gasteiger partial charge in [-0.1, -0.05) is 0 Å².